The van der Waals surface area contributed by atoms with E-state index in [1.807, 2.05) is 24.3 Å². The van der Waals surface area contributed by atoms with Gasteiger partial charge in [-0.3, -0.25) is 0 Å². The van der Waals surface area contributed by atoms with Gasteiger partial charge in [0.15, 0.2) is 5.58 Å². The minimum Gasteiger partial charge on any atom is -0.436 e. The molecule has 0 spiro atoms. The van der Waals surface area contributed by atoms with Crippen LogP contribution in [-0.4, -0.2) is 11.5 Å². The highest BCUT2D eigenvalue weighted by Crippen LogP contribution is 2.30. The molecule has 0 unspecified atom stereocenters. The van der Waals surface area contributed by atoms with Crippen LogP contribution in [0.25, 0.3) is 22.6 Å². The Morgan fingerprint density at radius 2 is 2.06 bits per heavy atom. The Kier molecular flexibility index (Phi) is 1.94. The van der Waals surface area contributed by atoms with Gasteiger partial charge >= 0.3 is 0 Å². The van der Waals surface area contributed by atoms with Crippen molar-refractivity contribution in [2.45, 2.75) is 6.42 Å². The third-order valence-electron chi connectivity index (χ3n) is 3.36. The maximum atomic E-state index is 5.77. The number of anilines is 1. The molecular weight excluding hydrogens is 224 g/mol. The summed E-state index contributed by atoms with van der Waals surface area (Å²) in [4.78, 5) is 4.51. The maximum Gasteiger partial charge on any atom is 0.227 e. The second-order valence-electron chi connectivity index (χ2n) is 4.54. The summed E-state index contributed by atoms with van der Waals surface area (Å²) in [7, 11) is 0. The Morgan fingerprint density at radius 3 is 3.00 bits per heavy atom. The SMILES string of the molecule is c1ccc2oc(-c3ccc4c(c3)NCC4)nc2c1. The zero-order valence-corrected chi connectivity index (χ0v) is 9.81. The summed E-state index contributed by atoms with van der Waals surface area (Å²) in [6.45, 7) is 1.02. The Hall–Kier alpha value is -2.29. The van der Waals surface area contributed by atoms with Crippen molar-refractivity contribution >= 4 is 16.8 Å². The predicted molar refractivity (Wildman–Crippen MR) is 71.6 cm³/mol. The zero-order chi connectivity index (χ0) is 11.9. The molecule has 0 radical (unpaired) electrons. The molecule has 2 aromatic carbocycles. The minimum atomic E-state index is 0.688. The largest absolute Gasteiger partial charge is 0.436 e. The van der Waals surface area contributed by atoms with Crippen molar-refractivity contribution in [3.8, 4) is 11.5 Å². The van der Waals surface area contributed by atoms with E-state index < -0.39 is 0 Å². The monoisotopic (exact) mass is 236 g/mol. The fourth-order valence-electron chi connectivity index (χ4n) is 2.42. The van der Waals surface area contributed by atoms with E-state index in [0.717, 1.165) is 29.6 Å². The van der Waals surface area contributed by atoms with E-state index in [9.17, 15) is 0 Å². The lowest BCUT2D eigenvalue weighted by Gasteiger charge is -2.01. The predicted octanol–water partition coefficient (Wildman–Crippen LogP) is 3.46. The average Bonchev–Trinajstić information content (AvgIpc) is 3.04. The van der Waals surface area contributed by atoms with Crippen molar-refractivity contribution in [3.63, 3.8) is 0 Å². The number of hydrogen-bond donors (Lipinski definition) is 1. The number of fused-ring (bicyclic) bond motifs is 2. The third-order valence-corrected chi connectivity index (χ3v) is 3.36. The molecule has 0 fully saturated rings. The lowest BCUT2D eigenvalue weighted by atomic mass is 10.1. The van der Waals surface area contributed by atoms with Gasteiger partial charge in [-0.25, -0.2) is 4.98 Å². The topological polar surface area (TPSA) is 38.1 Å². The van der Waals surface area contributed by atoms with Gasteiger partial charge in [-0.2, -0.15) is 0 Å². The zero-order valence-electron chi connectivity index (χ0n) is 9.81. The van der Waals surface area contributed by atoms with E-state index in [1.54, 1.807) is 0 Å². The first-order valence-electron chi connectivity index (χ1n) is 6.13. The lowest BCUT2D eigenvalue weighted by Crippen LogP contribution is -1.91. The van der Waals surface area contributed by atoms with Crippen molar-refractivity contribution < 1.29 is 4.42 Å². The Balaban J connectivity index is 1.86. The first kappa shape index (κ1) is 9.71. The molecule has 1 N–H and O–H groups in total. The number of oxazole rings is 1. The molecule has 0 saturated carbocycles. The van der Waals surface area contributed by atoms with Crippen LogP contribution in [0.4, 0.5) is 5.69 Å². The van der Waals surface area contributed by atoms with Crippen LogP contribution >= 0.6 is 0 Å². The van der Waals surface area contributed by atoms with Crippen LogP contribution < -0.4 is 5.32 Å². The summed E-state index contributed by atoms with van der Waals surface area (Å²) < 4.78 is 5.77. The summed E-state index contributed by atoms with van der Waals surface area (Å²) in [5.74, 6) is 0.688. The molecule has 2 heterocycles. The van der Waals surface area contributed by atoms with E-state index in [1.165, 1.54) is 11.3 Å². The second-order valence-corrected chi connectivity index (χ2v) is 4.54. The van der Waals surface area contributed by atoms with E-state index in [0.29, 0.717) is 5.89 Å². The molecule has 0 aliphatic carbocycles. The summed E-state index contributed by atoms with van der Waals surface area (Å²) in [5, 5.41) is 3.37. The smallest absolute Gasteiger partial charge is 0.227 e. The number of hydrogen-bond acceptors (Lipinski definition) is 3. The van der Waals surface area contributed by atoms with E-state index >= 15 is 0 Å². The standard InChI is InChI=1S/C15H12N2O/c1-2-4-14-12(3-1)17-15(18-14)11-6-5-10-7-8-16-13(10)9-11/h1-6,9,16H,7-8H2. The molecule has 1 aliphatic heterocycles. The maximum absolute atomic E-state index is 5.77. The molecule has 88 valence electrons. The van der Waals surface area contributed by atoms with Gasteiger partial charge in [0, 0.05) is 17.8 Å². The molecule has 18 heavy (non-hydrogen) atoms. The van der Waals surface area contributed by atoms with Crippen LogP contribution in [0.15, 0.2) is 46.9 Å². The lowest BCUT2D eigenvalue weighted by molar-refractivity contribution is 0.620. The first-order valence-corrected chi connectivity index (χ1v) is 6.13. The number of rotatable bonds is 1. The molecule has 3 aromatic rings. The molecule has 0 amide bonds. The van der Waals surface area contributed by atoms with Crippen LogP contribution in [0.2, 0.25) is 0 Å². The number of nitrogens with zero attached hydrogens (tertiary/aromatic N) is 1. The molecule has 1 aliphatic rings. The molecule has 3 heteroatoms. The third kappa shape index (κ3) is 1.40. The average molecular weight is 236 g/mol. The first-order chi connectivity index (χ1) is 8.90. The summed E-state index contributed by atoms with van der Waals surface area (Å²) in [5.41, 5.74) is 5.34. The van der Waals surface area contributed by atoms with E-state index in [4.69, 9.17) is 4.42 Å². The molecule has 3 nitrogen and oxygen atoms in total. The summed E-state index contributed by atoms with van der Waals surface area (Å²) >= 11 is 0. The van der Waals surface area contributed by atoms with Crippen LogP contribution in [0.1, 0.15) is 5.56 Å². The fraction of sp³-hybridized carbons (Fsp3) is 0.133. The molecule has 0 saturated heterocycles. The van der Waals surface area contributed by atoms with Gasteiger partial charge in [0.25, 0.3) is 0 Å². The van der Waals surface area contributed by atoms with E-state index in [-0.39, 0.29) is 0 Å². The van der Waals surface area contributed by atoms with Crippen molar-refractivity contribution in [2.24, 2.45) is 0 Å². The summed E-state index contributed by atoms with van der Waals surface area (Å²) in [6, 6.07) is 14.2. The quantitative estimate of drug-likeness (QED) is 0.703. The number of nitrogens with one attached hydrogen (secondary N) is 1. The van der Waals surface area contributed by atoms with Gasteiger partial charge in [-0.1, -0.05) is 18.2 Å². The van der Waals surface area contributed by atoms with Gasteiger partial charge in [0.1, 0.15) is 5.52 Å². The van der Waals surface area contributed by atoms with Crippen molar-refractivity contribution in [1.29, 1.82) is 0 Å². The van der Waals surface area contributed by atoms with Crippen LogP contribution in [0.3, 0.4) is 0 Å². The summed E-state index contributed by atoms with van der Waals surface area (Å²) in [6.07, 6.45) is 1.10. The number of benzene rings is 2. The number of para-hydroxylation sites is 2. The Labute approximate surface area is 104 Å². The van der Waals surface area contributed by atoms with Crippen LogP contribution in [0, 0.1) is 0 Å². The normalized spacial score (nSPS) is 13.6. The molecular formula is C15H12N2O. The molecule has 1 aromatic heterocycles. The Bertz CT molecular complexity index is 697. The highest BCUT2D eigenvalue weighted by molar-refractivity contribution is 5.77. The van der Waals surface area contributed by atoms with Gasteiger partial charge < -0.3 is 9.73 Å². The number of aromatic nitrogens is 1. The minimum absolute atomic E-state index is 0.688. The van der Waals surface area contributed by atoms with Crippen LogP contribution in [-0.2, 0) is 6.42 Å². The van der Waals surface area contributed by atoms with Gasteiger partial charge in [-0.05, 0) is 36.2 Å². The van der Waals surface area contributed by atoms with Gasteiger partial charge in [0.2, 0.25) is 5.89 Å². The highest BCUT2D eigenvalue weighted by atomic mass is 16.3. The van der Waals surface area contributed by atoms with Gasteiger partial charge in [-0.15, -0.1) is 0 Å². The fourth-order valence-corrected chi connectivity index (χ4v) is 2.42. The van der Waals surface area contributed by atoms with Crippen molar-refractivity contribution in [1.82, 2.24) is 4.98 Å². The molecule has 0 bridgehead atoms. The second kappa shape index (κ2) is 3.60. The highest BCUT2D eigenvalue weighted by Gasteiger charge is 2.13. The molecule has 4 rings (SSSR count). The molecule has 0 atom stereocenters. The van der Waals surface area contributed by atoms with Crippen molar-refractivity contribution in [3.05, 3.63) is 48.0 Å². The van der Waals surface area contributed by atoms with Gasteiger partial charge in [0.05, 0.1) is 0 Å². The van der Waals surface area contributed by atoms with E-state index in [2.05, 4.69) is 28.5 Å². The van der Waals surface area contributed by atoms with Crippen LogP contribution in [0.5, 0.6) is 0 Å². The van der Waals surface area contributed by atoms with Crippen molar-refractivity contribution in [2.75, 3.05) is 11.9 Å². The Morgan fingerprint density at radius 1 is 1.11 bits per heavy atom.